The lowest BCUT2D eigenvalue weighted by molar-refractivity contribution is 0.0939. The second-order valence-electron chi connectivity index (χ2n) is 7.57. The van der Waals surface area contributed by atoms with Gasteiger partial charge in [-0.2, -0.15) is 0 Å². The lowest BCUT2D eigenvalue weighted by atomic mass is 10.1. The molecule has 3 aromatic carbocycles. The molecule has 0 bridgehead atoms. The van der Waals surface area contributed by atoms with Crippen LogP contribution in [-0.2, 0) is 6.54 Å². The standard InChI is InChI=1S/C25H22FN5O2/c1-16-6-8-19(9-7-16)24(32)29-21-5-3-4-18(14-21)15-27-25(33)23-28-17(2)31(30-23)22-12-10-20(26)11-13-22/h3-14H,15H2,1-2H3,(H,27,33)(H,29,32). The van der Waals surface area contributed by atoms with Crippen LogP contribution in [0.5, 0.6) is 0 Å². The van der Waals surface area contributed by atoms with E-state index in [0.717, 1.165) is 11.1 Å². The Labute approximate surface area is 190 Å². The zero-order chi connectivity index (χ0) is 23.4. The molecule has 33 heavy (non-hydrogen) atoms. The van der Waals surface area contributed by atoms with E-state index in [1.54, 1.807) is 49.4 Å². The fourth-order valence-corrected chi connectivity index (χ4v) is 3.24. The quantitative estimate of drug-likeness (QED) is 0.467. The molecule has 2 amide bonds. The maximum atomic E-state index is 13.2. The summed E-state index contributed by atoms with van der Waals surface area (Å²) in [6.07, 6.45) is 0. The third-order valence-electron chi connectivity index (χ3n) is 4.99. The normalized spacial score (nSPS) is 10.6. The maximum Gasteiger partial charge on any atom is 0.291 e. The van der Waals surface area contributed by atoms with Gasteiger partial charge in [0.15, 0.2) is 0 Å². The first-order chi connectivity index (χ1) is 15.9. The van der Waals surface area contributed by atoms with E-state index in [4.69, 9.17) is 0 Å². The van der Waals surface area contributed by atoms with Gasteiger partial charge in [0, 0.05) is 17.8 Å². The van der Waals surface area contributed by atoms with Gasteiger partial charge in [-0.3, -0.25) is 9.59 Å². The lowest BCUT2D eigenvalue weighted by Gasteiger charge is -2.08. The molecular weight excluding hydrogens is 421 g/mol. The minimum atomic E-state index is -0.437. The number of hydrogen-bond acceptors (Lipinski definition) is 4. The zero-order valence-electron chi connectivity index (χ0n) is 18.2. The predicted molar refractivity (Wildman–Crippen MR) is 123 cm³/mol. The van der Waals surface area contributed by atoms with E-state index < -0.39 is 5.91 Å². The average Bonchev–Trinajstić information content (AvgIpc) is 3.20. The van der Waals surface area contributed by atoms with Crippen molar-refractivity contribution < 1.29 is 14.0 Å². The molecule has 1 aromatic heterocycles. The highest BCUT2D eigenvalue weighted by atomic mass is 19.1. The Hall–Kier alpha value is -4.33. The third-order valence-corrected chi connectivity index (χ3v) is 4.99. The molecule has 0 unspecified atom stereocenters. The van der Waals surface area contributed by atoms with Crippen molar-refractivity contribution in [2.45, 2.75) is 20.4 Å². The molecule has 0 aliphatic carbocycles. The Kier molecular flexibility index (Phi) is 6.26. The van der Waals surface area contributed by atoms with Gasteiger partial charge in [0.2, 0.25) is 5.82 Å². The largest absolute Gasteiger partial charge is 0.345 e. The number of nitrogens with one attached hydrogen (secondary N) is 2. The first-order valence-corrected chi connectivity index (χ1v) is 10.3. The van der Waals surface area contributed by atoms with Crippen molar-refractivity contribution in [1.82, 2.24) is 20.1 Å². The number of anilines is 1. The minimum Gasteiger partial charge on any atom is -0.345 e. The number of carbonyl (C=O) groups is 2. The second-order valence-corrected chi connectivity index (χ2v) is 7.57. The average molecular weight is 443 g/mol. The van der Waals surface area contributed by atoms with Crippen LogP contribution in [0, 0.1) is 19.7 Å². The number of hydrogen-bond donors (Lipinski definition) is 2. The van der Waals surface area contributed by atoms with Gasteiger partial charge in [0.25, 0.3) is 11.8 Å². The van der Waals surface area contributed by atoms with Crippen LogP contribution in [0.25, 0.3) is 5.69 Å². The molecule has 4 rings (SSSR count). The zero-order valence-corrected chi connectivity index (χ0v) is 18.2. The molecule has 0 spiro atoms. The van der Waals surface area contributed by atoms with Gasteiger partial charge in [-0.1, -0.05) is 29.8 Å². The first kappa shape index (κ1) is 21.9. The van der Waals surface area contributed by atoms with Crippen molar-refractivity contribution in [2.24, 2.45) is 0 Å². The van der Waals surface area contributed by atoms with E-state index in [-0.39, 0.29) is 24.1 Å². The Morgan fingerprint density at radius 2 is 1.67 bits per heavy atom. The van der Waals surface area contributed by atoms with E-state index in [0.29, 0.717) is 22.8 Å². The number of aryl methyl sites for hydroxylation is 2. The van der Waals surface area contributed by atoms with Crippen molar-refractivity contribution in [2.75, 3.05) is 5.32 Å². The Morgan fingerprint density at radius 1 is 0.939 bits per heavy atom. The van der Waals surface area contributed by atoms with Gasteiger partial charge in [0.05, 0.1) is 5.69 Å². The molecule has 0 aliphatic heterocycles. The molecular formula is C25H22FN5O2. The van der Waals surface area contributed by atoms with Gasteiger partial charge < -0.3 is 10.6 Å². The molecule has 0 saturated carbocycles. The molecule has 0 radical (unpaired) electrons. The number of amides is 2. The fraction of sp³-hybridized carbons (Fsp3) is 0.120. The van der Waals surface area contributed by atoms with Crippen LogP contribution < -0.4 is 10.6 Å². The molecule has 0 saturated heterocycles. The summed E-state index contributed by atoms with van der Waals surface area (Å²) in [6.45, 7) is 3.91. The Balaban J connectivity index is 1.40. The number of halogens is 1. The smallest absolute Gasteiger partial charge is 0.291 e. The van der Waals surface area contributed by atoms with Gasteiger partial charge in [-0.15, -0.1) is 5.10 Å². The summed E-state index contributed by atoms with van der Waals surface area (Å²) >= 11 is 0. The molecule has 4 aromatic rings. The number of aromatic nitrogens is 3. The summed E-state index contributed by atoms with van der Waals surface area (Å²) < 4.78 is 14.6. The molecule has 7 nitrogen and oxygen atoms in total. The van der Waals surface area contributed by atoms with Crippen LogP contribution >= 0.6 is 0 Å². The lowest BCUT2D eigenvalue weighted by Crippen LogP contribution is -2.24. The monoisotopic (exact) mass is 443 g/mol. The topological polar surface area (TPSA) is 88.9 Å². The molecule has 1 heterocycles. The summed E-state index contributed by atoms with van der Waals surface area (Å²) in [4.78, 5) is 29.2. The molecule has 0 atom stereocenters. The summed E-state index contributed by atoms with van der Waals surface area (Å²) in [5.74, 6) is -0.477. The molecule has 0 aliphatic rings. The molecule has 8 heteroatoms. The van der Waals surface area contributed by atoms with E-state index in [1.165, 1.54) is 16.8 Å². The Morgan fingerprint density at radius 3 is 2.39 bits per heavy atom. The third kappa shape index (κ3) is 5.30. The van der Waals surface area contributed by atoms with E-state index in [2.05, 4.69) is 20.7 Å². The van der Waals surface area contributed by atoms with Crippen LogP contribution in [0.4, 0.5) is 10.1 Å². The van der Waals surface area contributed by atoms with Gasteiger partial charge >= 0.3 is 0 Å². The number of benzene rings is 3. The fourth-order valence-electron chi connectivity index (χ4n) is 3.24. The molecule has 0 fully saturated rings. The van der Waals surface area contributed by atoms with Crippen LogP contribution in [-0.4, -0.2) is 26.6 Å². The van der Waals surface area contributed by atoms with Gasteiger partial charge in [0.1, 0.15) is 11.6 Å². The van der Waals surface area contributed by atoms with Crippen LogP contribution in [0.1, 0.15) is 37.9 Å². The van der Waals surface area contributed by atoms with E-state index in [9.17, 15) is 14.0 Å². The van der Waals surface area contributed by atoms with Crippen molar-refractivity contribution in [3.8, 4) is 5.69 Å². The minimum absolute atomic E-state index is 0.0145. The second kappa shape index (κ2) is 9.44. The number of carbonyl (C=O) groups excluding carboxylic acids is 2. The molecule has 166 valence electrons. The summed E-state index contributed by atoms with van der Waals surface area (Å²) in [7, 11) is 0. The van der Waals surface area contributed by atoms with Crippen LogP contribution in [0.2, 0.25) is 0 Å². The van der Waals surface area contributed by atoms with Gasteiger partial charge in [-0.05, 0) is 67.9 Å². The SMILES string of the molecule is Cc1ccc(C(=O)Nc2cccc(CNC(=O)c3nc(C)n(-c4ccc(F)cc4)n3)c2)cc1. The maximum absolute atomic E-state index is 13.2. The highest BCUT2D eigenvalue weighted by Crippen LogP contribution is 2.14. The first-order valence-electron chi connectivity index (χ1n) is 10.3. The van der Waals surface area contributed by atoms with Crippen molar-refractivity contribution in [3.63, 3.8) is 0 Å². The van der Waals surface area contributed by atoms with Crippen LogP contribution in [0.3, 0.4) is 0 Å². The summed E-state index contributed by atoms with van der Waals surface area (Å²) in [5, 5.41) is 9.88. The highest BCUT2D eigenvalue weighted by Gasteiger charge is 2.15. The van der Waals surface area contributed by atoms with Crippen molar-refractivity contribution >= 4 is 17.5 Å². The van der Waals surface area contributed by atoms with Crippen molar-refractivity contribution in [1.29, 1.82) is 0 Å². The predicted octanol–water partition coefficient (Wildman–Crippen LogP) is 4.21. The highest BCUT2D eigenvalue weighted by molar-refractivity contribution is 6.04. The number of rotatable bonds is 6. The van der Waals surface area contributed by atoms with Gasteiger partial charge in [-0.25, -0.2) is 14.1 Å². The summed E-state index contributed by atoms with van der Waals surface area (Å²) in [5.41, 5.74) is 3.69. The van der Waals surface area contributed by atoms with Crippen LogP contribution in [0.15, 0.2) is 72.8 Å². The van der Waals surface area contributed by atoms with E-state index in [1.807, 2.05) is 25.1 Å². The van der Waals surface area contributed by atoms with Crippen molar-refractivity contribution in [3.05, 3.63) is 107 Å². The Bertz CT molecular complexity index is 1300. The number of nitrogens with zero attached hydrogens (tertiary/aromatic N) is 3. The molecule has 2 N–H and O–H groups in total. The van der Waals surface area contributed by atoms with E-state index >= 15 is 0 Å². The summed E-state index contributed by atoms with van der Waals surface area (Å²) in [6, 6.07) is 20.3.